The maximum Gasteiger partial charge on any atom is 0.317 e. The molecule has 2 heterocycles. The Morgan fingerprint density at radius 3 is 3.00 bits per heavy atom. The van der Waals surface area contributed by atoms with Crippen molar-refractivity contribution in [1.82, 2.24) is 20.4 Å². The van der Waals surface area contributed by atoms with Gasteiger partial charge in [0, 0.05) is 30.2 Å². The zero-order valence-electron chi connectivity index (χ0n) is 13.2. The molecule has 1 fully saturated rings. The third kappa shape index (κ3) is 3.76. The average molecular weight is 347 g/mol. The standard InChI is InChI=1S/C17H19ClN4O2/c1-2-9-19-17(23)22-10-3-4-13(11-22)16-20-15(21-24-16)12-5-7-14(18)8-6-12/h2,5-8,13H,1,3-4,9-11H2,(H,19,23)/t13-/m0/s1. The average Bonchev–Trinajstić information content (AvgIpc) is 3.10. The highest BCUT2D eigenvalue weighted by atomic mass is 35.5. The molecule has 0 saturated carbocycles. The van der Waals surface area contributed by atoms with Crippen LogP contribution >= 0.6 is 11.6 Å². The van der Waals surface area contributed by atoms with Gasteiger partial charge in [0.2, 0.25) is 11.7 Å². The van der Waals surface area contributed by atoms with Crippen molar-refractivity contribution in [3.8, 4) is 11.4 Å². The van der Waals surface area contributed by atoms with E-state index in [1.165, 1.54) is 0 Å². The van der Waals surface area contributed by atoms with Crippen molar-refractivity contribution in [3.05, 3.63) is 47.8 Å². The van der Waals surface area contributed by atoms with Gasteiger partial charge in [0.25, 0.3) is 0 Å². The largest absolute Gasteiger partial charge is 0.339 e. The van der Waals surface area contributed by atoms with Crippen LogP contribution in [-0.4, -0.2) is 40.7 Å². The van der Waals surface area contributed by atoms with Crippen LogP contribution in [0, 0.1) is 0 Å². The highest BCUT2D eigenvalue weighted by Gasteiger charge is 2.28. The van der Waals surface area contributed by atoms with Gasteiger partial charge in [-0.1, -0.05) is 22.8 Å². The maximum atomic E-state index is 12.1. The first-order valence-electron chi connectivity index (χ1n) is 7.90. The molecule has 126 valence electrons. The molecule has 24 heavy (non-hydrogen) atoms. The summed E-state index contributed by atoms with van der Waals surface area (Å²) in [6.07, 6.45) is 3.49. The molecule has 1 aromatic carbocycles. The van der Waals surface area contributed by atoms with Crippen LogP contribution in [0.3, 0.4) is 0 Å². The molecule has 0 spiro atoms. The molecule has 2 aromatic rings. The Bertz CT molecular complexity index is 714. The van der Waals surface area contributed by atoms with Gasteiger partial charge in [0.1, 0.15) is 0 Å². The summed E-state index contributed by atoms with van der Waals surface area (Å²) in [5.41, 5.74) is 0.853. The number of hydrogen-bond acceptors (Lipinski definition) is 4. The van der Waals surface area contributed by atoms with Gasteiger partial charge in [-0.05, 0) is 37.1 Å². The van der Waals surface area contributed by atoms with E-state index in [1.54, 1.807) is 23.1 Å². The van der Waals surface area contributed by atoms with Gasteiger partial charge in [0.15, 0.2) is 0 Å². The zero-order valence-corrected chi connectivity index (χ0v) is 14.0. The number of nitrogens with zero attached hydrogens (tertiary/aromatic N) is 3. The number of likely N-dealkylation sites (tertiary alicyclic amines) is 1. The van der Waals surface area contributed by atoms with Gasteiger partial charge < -0.3 is 14.7 Å². The van der Waals surface area contributed by atoms with E-state index in [4.69, 9.17) is 16.1 Å². The normalized spacial score (nSPS) is 17.5. The minimum absolute atomic E-state index is 0.0572. The van der Waals surface area contributed by atoms with Gasteiger partial charge in [0.05, 0.1) is 5.92 Å². The highest BCUT2D eigenvalue weighted by Crippen LogP contribution is 2.28. The topological polar surface area (TPSA) is 71.3 Å². The number of benzene rings is 1. The zero-order chi connectivity index (χ0) is 16.9. The molecule has 0 aliphatic carbocycles. The fourth-order valence-corrected chi connectivity index (χ4v) is 2.88. The first kappa shape index (κ1) is 16.5. The smallest absolute Gasteiger partial charge is 0.317 e. The van der Waals surface area contributed by atoms with Crippen LogP contribution in [0.1, 0.15) is 24.7 Å². The van der Waals surface area contributed by atoms with Crippen LogP contribution in [0.25, 0.3) is 11.4 Å². The maximum absolute atomic E-state index is 12.1. The SMILES string of the molecule is C=CCNC(=O)N1CCC[C@H](c2nc(-c3ccc(Cl)cc3)no2)C1. The number of hydrogen-bond donors (Lipinski definition) is 1. The Labute approximate surface area is 145 Å². The summed E-state index contributed by atoms with van der Waals surface area (Å²) in [5, 5.41) is 7.51. The number of amides is 2. The van der Waals surface area contributed by atoms with E-state index in [0.29, 0.717) is 29.8 Å². The predicted molar refractivity (Wildman–Crippen MR) is 91.9 cm³/mol. The molecular formula is C17H19ClN4O2. The Morgan fingerprint density at radius 2 is 2.25 bits per heavy atom. The van der Waals surface area contributed by atoms with Gasteiger partial charge in [-0.15, -0.1) is 6.58 Å². The lowest BCUT2D eigenvalue weighted by atomic mass is 9.98. The van der Waals surface area contributed by atoms with E-state index in [1.807, 2.05) is 12.1 Å². The summed E-state index contributed by atoms with van der Waals surface area (Å²) in [6.45, 7) is 5.37. The Kier molecular flexibility index (Phi) is 5.15. The molecule has 1 aromatic heterocycles. The Hall–Kier alpha value is -2.34. The van der Waals surface area contributed by atoms with E-state index in [9.17, 15) is 4.79 Å². The van der Waals surface area contributed by atoms with Gasteiger partial charge >= 0.3 is 6.03 Å². The van der Waals surface area contributed by atoms with E-state index >= 15 is 0 Å². The monoisotopic (exact) mass is 346 g/mol. The number of carbonyl (C=O) groups is 1. The third-order valence-electron chi connectivity index (χ3n) is 4.00. The number of piperidine rings is 1. The first-order chi connectivity index (χ1) is 11.7. The molecule has 1 saturated heterocycles. The number of aromatic nitrogens is 2. The van der Waals surface area contributed by atoms with Crippen molar-refractivity contribution in [3.63, 3.8) is 0 Å². The second-order valence-electron chi connectivity index (χ2n) is 5.72. The summed E-state index contributed by atoms with van der Waals surface area (Å²) < 4.78 is 5.43. The number of halogens is 1. The quantitative estimate of drug-likeness (QED) is 0.860. The number of urea groups is 1. The lowest BCUT2D eigenvalue weighted by Crippen LogP contribution is -2.45. The van der Waals surface area contributed by atoms with Crippen LogP contribution in [0.2, 0.25) is 5.02 Å². The van der Waals surface area contributed by atoms with Crippen LogP contribution in [0.15, 0.2) is 41.4 Å². The van der Waals surface area contributed by atoms with Crippen LogP contribution in [0.5, 0.6) is 0 Å². The molecule has 1 aliphatic heterocycles. The Morgan fingerprint density at radius 1 is 1.46 bits per heavy atom. The molecule has 1 atom stereocenters. The fourth-order valence-electron chi connectivity index (χ4n) is 2.75. The minimum Gasteiger partial charge on any atom is -0.339 e. The second kappa shape index (κ2) is 7.49. The predicted octanol–water partition coefficient (Wildman–Crippen LogP) is 3.47. The van der Waals surface area contributed by atoms with Crippen LogP contribution in [-0.2, 0) is 0 Å². The van der Waals surface area contributed by atoms with Gasteiger partial charge in [-0.2, -0.15) is 4.98 Å². The second-order valence-corrected chi connectivity index (χ2v) is 6.16. The van der Waals surface area contributed by atoms with Gasteiger partial charge in [-0.3, -0.25) is 0 Å². The van der Waals surface area contributed by atoms with Crippen molar-refractivity contribution in [1.29, 1.82) is 0 Å². The van der Waals surface area contributed by atoms with Crippen molar-refractivity contribution < 1.29 is 9.32 Å². The molecule has 6 nitrogen and oxygen atoms in total. The summed E-state index contributed by atoms with van der Waals surface area (Å²) in [6, 6.07) is 7.20. The highest BCUT2D eigenvalue weighted by molar-refractivity contribution is 6.30. The van der Waals surface area contributed by atoms with E-state index in [-0.39, 0.29) is 11.9 Å². The van der Waals surface area contributed by atoms with E-state index in [0.717, 1.165) is 24.9 Å². The van der Waals surface area contributed by atoms with Crippen molar-refractivity contribution in [2.24, 2.45) is 0 Å². The molecule has 3 rings (SSSR count). The lowest BCUT2D eigenvalue weighted by molar-refractivity contribution is 0.173. The molecule has 7 heteroatoms. The van der Waals surface area contributed by atoms with Crippen molar-refractivity contribution in [2.75, 3.05) is 19.6 Å². The Balaban J connectivity index is 1.69. The lowest BCUT2D eigenvalue weighted by Gasteiger charge is -2.30. The van der Waals surface area contributed by atoms with Gasteiger partial charge in [-0.25, -0.2) is 4.79 Å². The molecule has 1 N–H and O–H groups in total. The fraction of sp³-hybridized carbons (Fsp3) is 0.353. The van der Waals surface area contributed by atoms with Crippen LogP contribution < -0.4 is 5.32 Å². The minimum atomic E-state index is -0.0861. The van der Waals surface area contributed by atoms with E-state index < -0.39 is 0 Å². The molecule has 0 radical (unpaired) electrons. The first-order valence-corrected chi connectivity index (χ1v) is 8.28. The summed E-state index contributed by atoms with van der Waals surface area (Å²) >= 11 is 5.89. The molecule has 1 aliphatic rings. The number of carbonyl (C=O) groups excluding carboxylic acids is 1. The number of rotatable bonds is 4. The molecular weight excluding hydrogens is 328 g/mol. The van der Waals surface area contributed by atoms with Crippen molar-refractivity contribution in [2.45, 2.75) is 18.8 Å². The van der Waals surface area contributed by atoms with Crippen LogP contribution in [0.4, 0.5) is 4.79 Å². The third-order valence-corrected chi connectivity index (χ3v) is 4.25. The molecule has 2 amide bonds. The molecule has 0 unspecified atom stereocenters. The summed E-state index contributed by atoms with van der Waals surface area (Å²) in [5.74, 6) is 1.16. The summed E-state index contributed by atoms with van der Waals surface area (Å²) in [4.78, 5) is 18.4. The van der Waals surface area contributed by atoms with Crippen molar-refractivity contribution >= 4 is 17.6 Å². The molecule has 0 bridgehead atoms. The number of nitrogens with one attached hydrogen (secondary N) is 1. The van der Waals surface area contributed by atoms with E-state index in [2.05, 4.69) is 22.0 Å². The summed E-state index contributed by atoms with van der Waals surface area (Å²) in [7, 11) is 0.